The van der Waals surface area contributed by atoms with Gasteiger partial charge in [0.1, 0.15) is 0 Å². The van der Waals surface area contributed by atoms with Crippen LogP contribution < -0.4 is 16.4 Å². The molecule has 1 unspecified atom stereocenters. The van der Waals surface area contributed by atoms with Crippen LogP contribution in [0.5, 0.6) is 0 Å². The van der Waals surface area contributed by atoms with Gasteiger partial charge in [-0.15, -0.1) is 0 Å². The molecular weight excluding hydrogens is 208 g/mol. The van der Waals surface area contributed by atoms with Crippen LogP contribution in [-0.2, 0) is 4.74 Å². The van der Waals surface area contributed by atoms with Gasteiger partial charge in [0.05, 0.1) is 12.7 Å². The van der Waals surface area contributed by atoms with Gasteiger partial charge in [0, 0.05) is 32.7 Å². The maximum atomic E-state index is 10.4. The number of hydrogen-bond acceptors (Lipinski definition) is 4. The highest BCUT2D eigenvalue weighted by Gasteiger charge is 2.18. The molecule has 6 nitrogen and oxygen atoms in total. The van der Waals surface area contributed by atoms with Crippen LogP contribution in [0, 0.1) is 0 Å². The third-order valence-electron chi connectivity index (χ3n) is 2.64. The monoisotopic (exact) mass is 230 g/mol. The summed E-state index contributed by atoms with van der Waals surface area (Å²) >= 11 is 0. The Hall–Kier alpha value is -0.850. The van der Waals surface area contributed by atoms with E-state index in [0.29, 0.717) is 6.54 Å². The van der Waals surface area contributed by atoms with Gasteiger partial charge in [0.2, 0.25) is 0 Å². The fourth-order valence-electron chi connectivity index (χ4n) is 1.73. The van der Waals surface area contributed by atoms with Crippen LogP contribution in [0.4, 0.5) is 4.79 Å². The second kappa shape index (κ2) is 7.43. The summed E-state index contributed by atoms with van der Waals surface area (Å²) in [5.41, 5.74) is 4.94. The number of likely N-dealkylation sites (N-methyl/N-ethyl adjacent to an activating group) is 1. The molecule has 0 spiro atoms. The smallest absolute Gasteiger partial charge is 0.312 e. The minimum atomic E-state index is -0.479. The molecule has 16 heavy (non-hydrogen) atoms. The van der Waals surface area contributed by atoms with Gasteiger partial charge >= 0.3 is 6.03 Å². The minimum Gasteiger partial charge on any atom is -0.374 e. The van der Waals surface area contributed by atoms with E-state index in [1.807, 2.05) is 0 Å². The maximum absolute atomic E-state index is 10.4. The number of primary amides is 1. The number of nitrogens with two attached hydrogens (primary N) is 1. The molecule has 1 rings (SSSR count). The van der Waals surface area contributed by atoms with Crippen LogP contribution in [-0.4, -0.2) is 62.9 Å². The summed E-state index contributed by atoms with van der Waals surface area (Å²) in [5, 5.41) is 5.76. The van der Waals surface area contributed by atoms with Crippen molar-refractivity contribution in [2.24, 2.45) is 5.73 Å². The van der Waals surface area contributed by atoms with Crippen molar-refractivity contribution in [1.82, 2.24) is 15.5 Å². The molecule has 0 saturated carbocycles. The summed E-state index contributed by atoms with van der Waals surface area (Å²) in [4.78, 5) is 12.8. The van der Waals surface area contributed by atoms with Crippen molar-refractivity contribution in [2.75, 3.05) is 45.9 Å². The Morgan fingerprint density at radius 1 is 1.56 bits per heavy atom. The first-order valence-corrected chi connectivity index (χ1v) is 5.80. The van der Waals surface area contributed by atoms with E-state index in [-0.39, 0.29) is 6.10 Å². The highest BCUT2D eigenvalue weighted by atomic mass is 16.5. The largest absolute Gasteiger partial charge is 0.374 e. The number of carbonyl (C=O) groups is 1. The second-order valence-corrected chi connectivity index (χ2v) is 3.88. The Morgan fingerprint density at radius 3 is 3.06 bits per heavy atom. The predicted molar refractivity (Wildman–Crippen MR) is 62.3 cm³/mol. The van der Waals surface area contributed by atoms with Gasteiger partial charge in [-0.2, -0.15) is 0 Å². The van der Waals surface area contributed by atoms with Crippen LogP contribution in [0.15, 0.2) is 0 Å². The normalized spacial score (nSPS) is 21.9. The summed E-state index contributed by atoms with van der Waals surface area (Å²) in [6.45, 7) is 8.13. The first-order valence-electron chi connectivity index (χ1n) is 5.80. The molecule has 0 aromatic rings. The Balaban J connectivity index is 2.01. The summed E-state index contributed by atoms with van der Waals surface area (Å²) < 4.78 is 5.62. The third-order valence-corrected chi connectivity index (χ3v) is 2.64. The van der Waals surface area contributed by atoms with Crippen LogP contribution in [0.3, 0.4) is 0 Å². The zero-order valence-corrected chi connectivity index (χ0v) is 9.87. The average molecular weight is 230 g/mol. The van der Waals surface area contributed by atoms with Crippen molar-refractivity contribution >= 4 is 6.03 Å². The van der Waals surface area contributed by atoms with E-state index in [1.165, 1.54) is 0 Å². The molecule has 1 aliphatic heterocycles. The summed E-state index contributed by atoms with van der Waals surface area (Å²) in [6, 6.07) is -0.479. The highest BCUT2D eigenvalue weighted by Crippen LogP contribution is 2.03. The van der Waals surface area contributed by atoms with Crippen molar-refractivity contribution in [3.8, 4) is 0 Å². The van der Waals surface area contributed by atoms with Crippen molar-refractivity contribution in [1.29, 1.82) is 0 Å². The molecule has 0 aliphatic carbocycles. The standard InChI is InChI=1S/C10H22N4O2/c1-2-14-5-6-16-9(8-14)7-12-3-4-13-10(11)15/h9,12H,2-8H2,1H3,(H3,11,13,15). The first kappa shape index (κ1) is 13.2. The molecule has 2 amide bonds. The van der Waals surface area contributed by atoms with Crippen molar-refractivity contribution in [3.05, 3.63) is 0 Å². The van der Waals surface area contributed by atoms with E-state index in [4.69, 9.17) is 10.5 Å². The molecule has 1 fully saturated rings. The lowest BCUT2D eigenvalue weighted by molar-refractivity contribution is -0.0250. The van der Waals surface area contributed by atoms with E-state index < -0.39 is 6.03 Å². The summed E-state index contributed by atoms with van der Waals surface area (Å²) in [5.74, 6) is 0. The second-order valence-electron chi connectivity index (χ2n) is 3.88. The van der Waals surface area contributed by atoms with Crippen LogP contribution in [0.1, 0.15) is 6.92 Å². The summed E-state index contributed by atoms with van der Waals surface area (Å²) in [7, 11) is 0. The van der Waals surface area contributed by atoms with E-state index in [0.717, 1.165) is 39.3 Å². The van der Waals surface area contributed by atoms with Gasteiger partial charge < -0.3 is 21.1 Å². The molecule has 0 radical (unpaired) electrons. The fraction of sp³-hybridized carbons (Fsp3) is 0.900. The van der Waals surface area contributed by atoms with Crippen molar-refractivity contribution in [2.45, 2.75) is 13.0 Å². The van der Waals surface area contributed by atoms with Gasteiger partial charge in [0.15, 0.2) is 0 Å². The number of nitrogens with zero attached hydrogens (tertiary/aromatic N) is 1. The number of hydrogen-bond donors (Lipinski definition) is 3. The SMILES string of the molecule is CCN1CCOC(CNCCNC(N)=O)C1. The maximum Gasteiger partial charge on any atom is 0.312 e. The van der Waals surface area contributed by atoms with Crippen molar-refractivity contribution < 1.29 is 9.53 Å². The lowest BCUT2D eigenvalue weighted by Crippen LogP contribution is -2.47. The number of amides is 2. The number of ether oxygens (including phenoxy) is 1. The molecule has 0 bridgehead atoms. The van der Waals surface area contributed by atoms with Gasteiger partial charge in [-0.3, -0.25) is 4.90 Å². The van der Waals surface area contributed by atoms with Gasteiger partial charge in [-0.25, -0.2) is 4.79 Å². The van der Waals surface area contributed by atoms with Crippen molar-refractivity contribution in [3.63, 3.8) is 0 Å². The highest BCUT2D eigenvalue weighted by molar-refractivity contribution is 5.71. The van der Waals surface area contributed by atoms with Crippen LogP contribution in [0.2, 0.25) is 0 Å². The molecule has 1 atom stereocenters. The Morgan fingerprint density at radius 2 is 2.38 bits per heavy atom. The quantitative estimate of drug-likeness (QED) is 0.510. The van der Waals surface area contributed by atoms with Crippen LogP contribution in [0.25, 0.3) is 0 Å². The molecule has 4 N–H and O–H groups in total. The Kier molecular flexibility index (Phi) is 6.14. The summed E-state index contributed by atoms with van der Waals surface area (Å²) in [6.07, 6.45) is 0.252. The van der Waals surface area contributed by atoms with Gasteiger partial charge in [0.25, 0.3) is 0 Å². The molecule has 1 aliphatic rings. The first-order chi connectivity index (χ1) is 7.72. The van der Waals surface area contributed by atoms with E-state index >= 15 is 0 Å². The van der Waals surface area contributed by atoms with E-state index in [2.05, 4.69) is 22.5 Å². The number of urea groups is 1. The zero-order chi connectivity index (χ0) is 11.8. The number of morpholine rings is 1. The lowest BCUT2D eigenvalue weighted by atomic mass is 10.2. The molecular formula is C10H22N4O2. The number of rotatable bonds is 6. The fourth-order valence-corrected chi connectivity index (χ4v) is 1.73. The van der Waals surface area contributed by atoms with E-state index in [1.54, 1.807) is 0 Å². The number of nitrogens with one attached hydrogen (secondary N) is 2. The van der Waals surface area contributed by atoms with Gasteiger partial charge in [-0.05, 0) is 6.54 Å². The average Bonchev–Trinajstić information content (AvgIpc) is 2.28. The minimum absolute atomic E-state index is 0.252. The zero-order valence-electron chi connectivity index (χ0n) is 9.87. The molecule has 94 valence electrons. The molecule has 0 aromatic carbocycles. The van der Waals surface area contributed by atoms with E-state index in [9.17, 15) is 4.79 Å². The third kappa shape index (κ3) is 5.29. The Labute approximate surface area is 96.5 Å². The number of carbonyl (C=O) groups excluding carboxylic acids is 1. The molecule has 1 heterocycles. The lowest BCUT2D eigenvalue weighted by Gasteiger charge is -2.32. The topological polar surface area (TPSA) is 79.6 Å². The molecule has 0 aromatic heterocycles. The molecule has 1 saturated heterocycles. The Bertz CT molecular complexity index is 213. The van der Waals surface area contributed by atoms with Gasteiger partial charge in [-0.1, -0.05) is 6.92 Å². The predicted octanol–water partition coefficient (Wildman–Crippen LogP) is -1.03. The molecule has 6 heteroatoms. The van der Waals surface area contributed by atoms with Crippen LogP contribution >= 0.6 is 0 Å².